The topological polar surface area (TPSA) is 41.5 Å². The number of carbonyl (C=O) groups is 1. The molecule has 1 heterocycles. The Kier molecular flexibility index (Phi) is 3.27. The zero-order valence-electron chi connectivity index (χ0n) is 11.2. The highest BCUT2D eigenvalue weighted by atomic mass is 32.2. The highest BCUT2D eigenvalue weighted by molar-refractivity contribution is 8.16. The van der Waals surface area contributed by atoms with Crippen LogP contribution in [0.2, 0.25) is 0 Å². The van der Waals surface area contributed by atoms with E-state index in [2.05, 4.69) is 10.3 Å². The molecule has 0 saturated heterocycles. The summed E-state index contributed by atoms with van der Waals surface area (Å²) < 4.78 is 36.5. The number of alkyl halides is 3. The van der Waals surface area contributed by atoms with Gasteiger partial charge in [-0.3, -0.25) is 4.79 Å². The smallest absolute Gasteiger partial charge is 0.358 e. The lowest BCUT2D eigenvalue weighted by Gasteiger charge is -2.23. The van der Waals surface area contributed by atoms with E-state index >= 15 is 0 Å². The van der Waals surface area contributed by atoms with Gasteiger partial charge in [-0.2, -0.15) is 18.2 Å². The minimum atomic E-state index is -4.62. The van der Waals surface area contributed by atoms with Crippen LogP contribution in [0.15, 0.2) is 29.3 Å². The average molecular weight is 314 g/mol. The molecule has 1 aliphatic heterocycles. The van der Waals surface area contributed by atoms with Gasteiger partial charge in [0.2, 0.25) is 0 Å². The number of nitrogens with one attached hydrogen (secondary N) is 1. The van der Waals surface area contributed by atoms with E-state index in [4.69, 9.17) is 0 Å². The average Bonchev–Trinajstić information content (AvgIpc) is 2.93. The maximum Gasteiger partial charge on any atom is 0.412 e. The van der Waals surface area contributed by atoms with Gasteiger partial charge in [-0.05, 0) is 30.9 Å². The van der Waals surface area contributed by atoms with Crippen LogP contribution in [0.5, 0.6) is 0 Å². The van der Waals surface area contributed by atoms with E-state index in [0.717, 1.165) is 25.3 Å². The maximum absolute atomic E-state index is 13.0. The molecule has 1 amide bonds. The number of halogens is 3. The van der Waals surface area contributed by atoms with Crippen molar-refractivity contribution in [3.63, 3.8) is 0 Å². The van der Waals surface area contributed by atoms with Gasteiger partial charge in [0, 0.05) is 0 Å². The Labute approximate surface area is 124 Å². The molecule has 7 heteroatoms. The molecule has 112 valence electrons. The predicted molar refractivity (Wildman–Crippen MR) is 75.1 cm³/mol. The van der Waals surface area contributed by atoms with Crippen molar-refractivity contribution in [2.24, 2.45) is 4.99 Å². The van der Waals surface area contributed by atoms with Crippen molar-refractivity contribution < 1.29 is 18.0 Å². The largest absolute Gasteiger partial charge is 0.412 e. The number of nitrogens with zero attached hydrogens (tertiary/aromatic N) is 1. The second-order valence-corrected chi connectivity index (χ2v) is 6.70. The summed E-state index contributed by atoms with van der Waals surface area (Å²) in [5.74, 6) is -1.14. The normalized spacial score (nSPS) is 28.5. The molecule has 1 aromatic carbocycles. The van der Waals surface area contributed by atoms with Gasteiger partial charge >= 0.3 is 6.18 Å². The molecule has 21 heavy (non-hydrogen) atoms. The molecule has 3 nitrogen and oxygen atoms in total. The van der Waals surface area contributed by atoms with Crippen LogP contribution in [0.1, 0.15) is 30.5 Å². The number of hydrogen-bond donors (Lipinski definition) is 1. The van der Waals surface area contributed by atoms with E-state index < -0.39 is 16.8 Å². The number of benzene rings is 1. The molecule has 0 bridgehead atoms. The van der Waals surface area contributed by atoms with Crippen molar-refractivity contribution in [2.45, 2.75) is 36.7 Å². The van der Waals surface area contributed by atoms with Gasteiger partial charge in [0.05, 0.1) is 6.04 Å². The molecular weight excluding hydrogens is 301 g/mol. The van der Waals surface area contributed by atoms with Gasteiger partial charge in [-0.15, -0.1) is 0 Å². The van der Waals surface area contributed by atoms with Crippen molar-refractivity contribution in [3.8, 4) is 0 Å². The summed E-state index contributed by atoms with van der Waals surface area (Å²) in [5.41, 5.74) is 2.25. The van der Waals surface area contributed by atoms with Crippen molar-refractivity contribution in [1.82, 2.24) is 5.32 Å². The second kappa shape index (κ2) is 4.76. The van der Waals surface area contributed by atoms with Crippen LogP contribution in [-0.4, -0.2) is 22.0 Å². The third-order valence-electron chi connectivity index (χ3n) is 3.88. The fourth-order valence-electron chi connectivity index (χ4n) is 2.56. The molecule has 0 fully saturated rings. The van der Waals surface area contributed by atoms with Gasteiger partial charge in [0.15, 0.2) is 9.91 Å². The first kappa shape index (κ1) is 14.4. The molecule has 1 aromatic rings. The van der Waals surface area contributed by atoms with Crippen LogP contribution >= 0.6 is 11.8 Å². The van der Waals surface area contributed by atoms with Gasteiger partial charge in [-0.25, -0.2) is 0 Å². The van der Waals surface area contributed by atoms with Crippen LogP contribution in [0.25, 0.3) is 0 Å². The highest BCUT2D eigenvalue weighted by Gasteiger charge is 2.61. The SMILES string of the molecule is CC1(C(F)(F)F)SC(N[C@H]2CCc3ccccc32)=NC1=O. The molecule has 0 aromatic heterocycles. The Morgan fingerprint density at radius 3 is 2.76 bits per heavy atom. The first-order valence-electron chi connectivity index (χ1n) is 6.54. The van der Waals surface area contributed by atoms with E-state index in [1.54, 1.807) is 0 Å². The molecule has 2 aliphatic rings. The van der Waals surface area contributed by atoms with E-state index in [0.29, 0.717) is 11.8 Å². The van der Waals surface area contributed by atoms with E-state index in [1.807, 2.05) is 24.3 Å². The number of carbonyl (C=O) groups excluding carboxylic acids is 1. The van der Waals surface area contributed by atoms with Gasteiger partial charge in [-0.1, -0.05) is 36.0 Å². The van der Waals surface area contributed by atoms with Crippen molar-refractivity contribution >= 4 is 22.8 Å². The molecule has 0 saturated carbocycles. The molecular formula is C14H13F3N2OS. The number of fused-ring (bicyclic) bond motifs is 1. The predicted octanol–water partition coefficient (Wildman–Crippen LogP) is 3.21. The summed E-state index contributed by atoms with van der Waals surface area (Å²) in [7, 11) is 0. The molecule has 0 spiro atoms. The number of amides is 1. The van der Waals surface area contributed by atoms with Crippen molar-refractivity contribution in [1.29, 1.82) is 0 Å². The van der Waals surface area contributed by atoms with Crippen LogP contribution in [0, 0.1) is 0 Å². The Morgan fingerprint density at radius 1 is 1.38 bits per heavy atom. The number of thioether (sulfide) groups is 1. The summed E-state index contributed by atoms with van der Waals surface area (Å²) in [6, 6.07) is 7.70. The quantitative estimate of drug-likeness (QED) is 0.865. The Balaban J connectivity index is 1.77. The molecule has 1 aliphatic carbocycles. The fraction of sp³-hybridized carbons (Fsp3) is 0.429. The molecule has 0 radical (unpaired) electrons. The summed E-state index contributed by atoms with van der Waals surface area (Å²) in [6.45, 7) is 0.876. The van der Waals surface area contributed by atoms with Crippen molar-refractivity contribution in [2.75, 3.05) is 0 Å². The zero-order valence-corrected chi connectivity index (χ0v) is 12.0. The van der Waals surface area contributed by atoms with E-state index in [-0.39, 0.29) is 11.2 Å². The molecule has 1 unspecified atom stereocenters. The summed E-state index contributed by atoms with van der Waals surface area (Å²) in [4.78, 5) is 15.2. The van der Waals surface area contributed by atoms with Gasteiger partial charge < -0.3 is 5.32 Å². The number of hydrogen-bond acceptors (Lipinski definition) is 3. The standard InChI is InChI=1S/C14H13F3N2OS/c1-13(14(15,16)17)11(20)19-12(21-13)18-10-7-6-8-4-2-3-5-9(8)10/h2-5,10H,6-7H2,1H3,(H,18,19,20)/t10-,13?/m0/s1. The lowest BCUT2D eigenvalue weighted by Crippen LogP contribution is -2.44. The van der Waals surface area contributed by atoms with Crippen LogP contribution in [0.4, 0.5) is 13.2 Å². The minimum Gasteiger partial charge on any atom is -0.358 e. The summed E-state index contributed by atoms with van der Waals surface area (Å²) in [6.07, 6.45) is -2.96. The lowest BCUT2D eigenvalue weighted by atomic mass is 10.1. The number of amidine groups is 1. The number of aryl methyl sites for hydroxylation is 1. The Hall–Kier alpha value is -1.50. The fourth-order valence-corrected chi connectivity index (χ4v) is 3.52. The Morgan fingerprint density at radius 2 is 2.10 bits per heavy atom. The third-order valence-corrected chi connectivity index (χ3v) is 5.10. The van der Waals surface area contributed by atoms with Crippen LogP contribution in [-0.2, 0) is 11.2 Å². The maximum atomic E-state index is 13.0. The second-order valence-electron chi connectivity index (χ2n) is 5.29. The highest BCUT2D eigenvalue weighted by Crippen LogP contribution is 2.46. The van der Waals surface area contributed by atoms with E-state index in [9.17, 15) is 18.0 Å². The first-order chi connectivity index (χ1) is 9.81. The zero-order chi connectivity index (χ0) is 15.3. The number of aliphatic imine (C=N–C) groups is 1. The van der Waals surface area contributed by atoms with E-state index in [1.165, 1.54) is 5.56 Å². The number of rotatable bonds is 1. The molecule has 3 rings (SSSR count). The molecule has 1 N–H and O–H groups in total. The Bertz CT molecular complexity index is 629. The monoisotopic (exact) mass is 314 g/mol. The lowest BCUT2D eigenvalue weighted by molar-refractivity contribution is -0.165. The minimum absolute atomic E-state index is 0.0570. The van der Waals surface area contributed by atoms with Gasteiger partial charge in [0.1, 0.15) is 0 Å². The summed E-state index contributed by atoms with van der Waals surface area (Å²) >= 11 is 0.454. The van der Waals surface area contributed by atoms with Crippen LogP contribution in [0.3, 0.4) is 0 Å². The molecule has 2 atom stereocenters. The van der Waals surface area contributed by atoms with Crippen molar-refractivity contribution in [3.05, 3.63) is 35.4 Å². The van der Waals surface area contributed by atoms with Gasteiger partial charge in [0.25, 0.3) is 5.91 Å². The van der Waals surface area contributed by atoms with Crippen LogP contribution < -0.4 is 5.32 Å². The summed E-state index contributed by atoms with van der Waals surface area (Å²) in [5, 5.41) is 3.04. The third kappa shape index (κ3) is 2.33. The first-order valence-corrected chi connectivity index (χ1v) is 7.36.